The molecule has 7 heteroatoms. The molecule has 29 heavy (non-hydrogen) atoms. The number of aromatic nitrogens is 2. The van der Waals surface area contributed by atoms with Gasteiger partial charge in [-0.25, -0.2) is 9.97 Å². The Morgan fingerprint density at radius 2 is 1.83 bits per heavy atom. The van der Waals surface area contributed by atoms with Gasteiger partial charge in [-0.05, 0) is 18.1 Å². The molecule has 148 valence electrons. The highest BCUT2D eigenvalue weighted by Gasteiger charge is 2.17. The van der Waals surface area contributed by atoms with Crippen LogP contribution in [0, 0.1) is 5.92 Å². The molecule has 2 heterocycles. The summed E-state index contributed by atoms with van der Waals surface area (Å²) < 4.78 is 10.7. The molecule has 1 aliphatic rings. The van der Waals surface area contributed by atoms with Crippen LogP contribution in [0.25, 0.3) is 11.4 Å². The minimum atomic E-state index is -0.323. The molecule has 0 saturated heterocycles. The fraction of sp³-hybridized carbons (Fsp3) is 0.227. The second-order valence-electron chi connectivity index (χ2n) is 7.12. The fourth-order valence-corrected chi connectivity index (χ4v) is 2.85. The highest BCUT2D eigenvalue weighted by atomic mass is 16.7. The topological polar surface area (TPSA) is 85.4 Å². The number of benzene rings is 2. The Morgan fingerprint density at radius 3 is 2.62 bits per heavy atom. The number of hydrogen-bond donors (Lipinski definition) is 2. The van der Waals surface area contributed by atoms with Crippen molar-refractivity contribution < 1.29 is 14.3 Å². The summed E-state index contributed by atoms with van der Waals surface area (Å²) in [5, 5.41) is 6.15. The van der Waals surface area contributed by atoms with Crippen LogP contribution in [0.5, 0.6) is 11.5 Å². The number of fused-ring (bicyclic) bond motifs is 1. The summed E-state index contributed by atoms with van der Waals surface area (Å²) >= 11 is 0. The minimum Gasteiger partial charge on any atom is -0.454 e. The molecule has 7 nitrogen and oxygen atoms in total. The quantitative estimate of drug-likeness (QED) is 0.656. The van der Waals surface area contributed by atoms with Gasteiger partial charge in [0.15, 0.2) is 17.3 Å². The van der Waals surface area contributed by atoms with Gasteiger partial charge in [0.25, 0.3) is 5.91 Å². The van der Waals surface area contributed by atoms with E-state index in [1.165, 1.54) is 0 Å². The Bertz CT molecular complexity index is 1020. The van der Waals surface area contributed by atoms with Crippen LogP contribution in [-0.4, -0.2) is 29.2 Å². The van der Waals surface area contributed by atoms with Gasteiger partial charge in [-0.2, -0.15) is 0 Å². The summed E-state index contributed by atoms with van der Waals surface area (Å²) in [5.41, 5.74) is 1.73. The first kappa shape index (κ1) is 18.7. The third-order valence-corrected chi connectivity index (χ3v) is 4.31. The first-order valence-electron chi connectivity index (χ1n) is 9.48. The zero-order valence-corrected chi connectivity index (χ0v) is 16.3. The molecule has 0 spiro atoms. The molecule has 0 unspecified atom stereocenters. The maximum Gasteiger partial charge on any atom is 0.274 e. The van der Waals surface area contributed by atoms with Gasteiger partial charge in [0.05, 0.1) is 0 Å². The van der Waals surface area contributed by atoms with Crippen LogP contribution in [0.2, 0.25) is 0 Å². The zero-order chi connectivity index (χ0) is 20.2. The van der Waals surface area contributed by atoms with E-state index >= 15 is 0 Å². The Hall–Kier alpha value is -3.61. The highest BCUT2D eigenvalue weighted by Crippen LogP contribution is 2.34. The average molecular weight is 390 g/mol. The minimum absolute atomic E-state index is 0.184. The smallest absolute Gasteiger partial charge is 0.274 e. The van der Waals surface area contributed by atoms with E-state index in [-0.39, 0.29) is 18.4 Å². The van der Waals surface area contributed by atoms with E-state index in [2.05, 4.69) is 34.4 Å². The van der Waals surface area contributed by atoms with Gasteiger partial charge in [-0.15, -0.1) is 0 Å². The molecule has 3 aromatic rings. The SMILES string of the molecule is CC(C)CNc1cc(C(=O)Nc2ccc3c(c2)OCO3)nc(-c2ccccc2)n1. The molecule has 0 aliphatic carbocycles. The predicted molar refractivity (Wildman–Crippen MR) is 111 cm³/mol. The molecule has 2 aromatic carbocycles. The molecule has 4 rings (SSSR count). The third kappa shape index (κ3) is 4.45. The normalized spacial score (nSPS) is 12.1. The van der Waals surface area contributed by atoms with E-state index in [1.54, 1.807) is 24.3 Å². The lowest BCUT2D eigenvalue weighted by atomic mass is 10.2. The van der Waals surface area contributed by atoms with Crippen LogP contribution in [0.15, 0.2) is 54.6 Å². The van der Waals surface area contributed by atoms with Crippen LogP contribution in [0.4, 0.5) is 11.5 Å². The van der Waals surface area contributed by atoms with E-state index in [9.17, 15) is 4.79 Å². The van der Waals surface area contributed by atoms with Crippen LogP contribution in [0.1, 0.15) is 24.3 Å². The number of amides is 1. The van der Waals surface area contributed by atoms with Gasteiger partial charge in [0, 0.05) is 29.9 Å². The Balaban J connectivity index is 1.62. The number of nitrogens with zero attached hydrogens (tertiary/aromatic N) is 2. The molecule has 1 aromatic heterocycles. The van der Waals surface area contributed by atoms with E-state index < -0.39 is 0 Å². The van der Waals surface area contributed by atoms with Crippen molar-refractivity contribution in [3.8, 4) is 22.9 Å². The summed E-state index contributed by atoms with van der Waals surface area (Å²) in [4.78, 5) is 21.9. The molecule has 0 bridgehead atoms. The van der Waals surface area contributed by atoms with E-state index in [0.29, 0.717) is 34.7 Å². The summed E-state index contributed by atoms with van der Waals surface area (Å²) in [6.45, 7) is 5.15. The van der Waals surface area contributed by atoms with E-state index in [1.807, 2.05) is 30.3 Å². The Labute approximate surface area is 169 Å². The van der Waals surface area contributed by atoms with Crippen molar-refractivity contribution in [2.45, 2.75) is 13.8 Å². The van der Waals surface area contributed by atoms with Gasteiger partial charge >= 0.3 is 0 Å². The van der Waals surface area contributed by atoms with Crippen molar-refractivity contribution in [2.24, 2.45) is 5.92 Å². The van der Waals surface area contributed by atoms with Crippen molar-refractivity contribution in [3.05, 3.63) is 60.3 Å². The van der Waals surface area contributed by atoms with Crippen molar-refractivity contribution in [1.82, 2.24) is 9.97 Å². The summed E-state index contributed by atoms with van der Waals surface area (Å²) in [6.07, 6.45) is 0. The molecule has 2 N–H and O–H groups in total. The summed E-state index contributed by atoms with van der Waals surface area (Å²) in [7, 11) is 0. The molecular weight excluding hydrogens is 368 g/mol. The van der Waals surface area contributed by atoms with Crippen molar-refractivity contribution in [3.63, 3.8) is 0 Å². The lowest BCUT2D eigenvalue weighted by Gasteiger charge is -2.12. The number of anilines is 2. The highest BCUT2D eigenvalue weighted by molar-refractivity contribution is 6.03. The maximum absolute atomic E-state index is 12.9. The Kier molecular flexibility index (Phi) is 5.29. The predicted octanol–water partition coefficient (Wildman–Crippen LogP) is 4.19. The van der Waals surface area contributed by atoms with Crippen LogP contribution in [0.3, 0.4) is 0 Å². The first-order valence-corrected chi connectivity index (χ1v) is 9.48. The first-order chi connectivity index (χ1) is 14.1. The van der Waals surface area contributed by atoms with Crippen LogP contribution >= 0.6 is 0 Å². The molecule has 0 fully saturated rings. The number of hydrogen-bond acceptors (Lipinski definition) is 6. The number of carbonyl (C=O) groups excluding carboxylic acids is 1. The molecule has 0 atom stereocenters. The van der Waals surface area contributed by atoms with E-state index in [0.717, 1.165) is 12.1 Å². The zero-order valence-electron chi connectivity index (χ0n) is 16.3. The monoisotopic (exact) mass is 390 g/mol. The number of carbonyl (C=O) groups is 1. The van der Waals surface area contributed by atoms with Crippen molar-refractivity contribution in [1.29, 1.82) is 0 Å². The van der Waals surface area contributed by atoms with Crippen LogP contribution in [-0.2, 0) is 0 Å². The number of nitrogens with one attached hydrogen (secondary N) is 2. The Morgan fingerprint density at radius 1 is 1.03 bits per heavy atom. The van der Waals surface area contributed by atoms with Gasteiger partial charge < -0.3 is 20.1 Å². The summed E-state index contributed by atoms with van der Waals surface area (Å²) in [6, 6.07) is 16.5. The summed E-state index contributed by atoms with van der Waals surface area (Å²) in [5.74, 6) is 2.50. The number of ether oxygens (including phenoxy) is 2. The standard InChI is InChI=1S/C22H22N4O3/c1-14(2)12-23-20-11-17(25-21(26-20)15-6-4-3-5-7-15)22(27)24-16-8-9-18-19(10-16)29-13-28-18/h3-11,14H,12-13H2,1-2H3,(H,24,27)(H,23,25,26). The van der Waals surface area contributed by atoms with Gasteiger partial charge in [-0.3, -0.25) is 4.79 Å². The van der Waals surface area contributed by atoms with Gasteiger partial charge in [0.2, 0.25) is 6.79 Å². The molecule has 0 radical (unpaired) electrons. The molecule has 1 aliphatic heterocycles. The lowest BCUT2D eigenvalue weighted by Crippen LogP contribution is -2.16. The van der Waals surface area contributed by atoms with Crippen LogP contribution < -0.4 is 20.1 Å². The largest absolute Gasteiger partial charge is 0.454 e. The molecule has 1 amide bonds. The molecule has 0 saturated carbocycles. The average Bonchev–Trinajstić information content (AvgIpc) is 3.20. The fourth-order valence-electron chi connectivity index (χ4n) is 2.85. The van der Waals surface area contributed by atoms with E-state index in [4.69, 9.17) is 9.47 Å². The lowest BCUT2D eigenvalue weighted by molar-refractivity contribution is 0.102. The third-order valence-electron chi connectivity index (χ3n) is 4.31. The maximum atomic E-state index is 12.9. The number of rotatable bonds is 6. The van der Waals surface area contributed by atoms with Crippen molar-refractivity contribution >= 4 is 17.4 Å². The van der Waals surface area contributed by atoms with Gasteiger partial charge in [0.1, 0.15) is 11.5 Å². The second kappa shape index (κ2) is 8.18. The van der Waals surface area contributed by atoms with Crippen molar-refractivity contribution in [2.75, 3.05) is 24.0 Å². The second-order valence-corrected chi connectivity index (χ2v) is 7.12. The van der Waals surface area contributed by atoms with Gasteiger partial charge in [-0.1, -0.05) is 44.2 Å². The molecular formula is C22H22N4O3.